The molecule has 2 amide bonds. The first-order valence-electron chi connectivity index (χ1n) is 5.06. The van der Waals surface area contributed by atoms with Crippen LogP contribution < -0.4 is 5.32 Å². The van der Waals surface area contributed by atoms with Crippen molar-refractivity contribution in [3.05, 3.63) is 11.4 Å². The maximum atomic E-state index is 11.3. The van der Waals surface area contributed by atoms with Gasteiger partial charge in [-0.15, -0.1) is 0 Å². The number of thioether (sulfide) groups is 1. The Morgan fingerprint density at radius 2 is 2.24 bits per heavy atom. The fourth-order valence-electron chi connectivity index (χ4n) is 0.827. The van der Waals surface area contributed by atoms with Gasteiger partial charge in [0.15, 0.2) is 11.8 Å². The molecule has 7 heteroatoms. The van der Waals surface area contributed by atoms with Gasteiger partial charge in [-0.25, -0.2) is 11.4 Å². The number of nitrogens with zero attached hydrogens (tertiary/aromatic N) is 2. The van der Waals surface area contributed by atoms with Gasteiger partial charge in [-0.2, -0.15) is 4.99 Å². The molecule has 94 valence electrons. The van der Waals surface area contributed by atoms with Crippen LogP contribution in [0.3, 0.4) is 0 Å². The highest BCUT2D eigenvalue weighted by Crippen LogP contribution is 1.98. The summed E-state index contributed by atoms with van der Waals surface area (Å²) in [4.78, 5) is 29.0. The summed E-state index contributed by atoms with van der Waals surface area (Å²) in [5, 5.41) is 2.71. The first-order valence-corrected chi connectivity index (χ1v) is 6.29. The summed E-state index contributed by atoms with van der Waals surface area (Å²) in [5.41, 5.74) is 0. The van der Waals surface area contributed by atoms with Crippen molar-refractivity contribution in [2.75, 3.05) is 19.4 Å². The number of carbonyl (C=O) groups is 2. The molecule has 0 heterocycles. The van der Waals surface area contributed by atoms with Crippen molar-refractivity contribution in [2.45, 2.75) is 19.8 Å². The van der Waals surface area contributed by atoms with Gasteiger partial charge in [0, 0.05) is 6.42 Å². The van der Waals surface area contributed by atoms with Crippen LogP contribution in [-0.2, 0) is 9.53 Å². The monoisotopic (exact) mass is 257 g/mol. The molecule has 0 unspecified atom stereocenters. The van der Waals surface area contributed by atoms with E-state index >= 15 is 0 Å². The second-order valence-electron chi connectivity index (χ2n) is 2.92. The van der Waals surface area contributed by atoms with Crippen LogP contribution in [-0.4, -0.2) is 36.6 Å². The quantitative estimate of drug-likeness (QED) is 0.360. The van der Waals surface area contributed by atoms with Crippen molar-refractivity contribution in [1.29, 1.82) is 0 Å². The second-order valence-corrected chi connectivity index (χ2v) is 3.71. The van der Waals surface area contributed by atoms with Crippen LogP contribution in [0, 0.1) is 6.57 Å². The predicted octanol–water partition coefficient (Wildman–Crippen LogP) is 1.68. The zero-order chi connectivity index (χ0) is 13.1. The Hall–Kier alpha value is -1.55. The van der Waals surface area contributed by atoms with Gasteiger partial charge >= 0.3 is 6.09 Å². The lowest BCUT2D eigenvalue weighted by atomic mass is 10.3. The zero-order valence-corrected chi connectivity index (χ0v) is 10.7. The number of ether oxygens (including phenoxy) is 1. The molecule has 0 saturated heterocycles. The van der Waals surface area contributed by atoms with Crippen LogP contribution in [0.2, 0.25) is 0 Å². The SMILES string of the molecule is [C-]#[N+]CCOC(=O)/N=C(/NC(=O)CCC)SC. The van der Waals surface area contributed by atoms with E-state index in [1.165, 1.54) is 0 Å². The maximum Gasteiger partial charge on any atom is 0.436 e. The van der Waals surface area contributed by atoms with Crippen LogP contribution in [0.15, 0.2) is 4.99 Å². The third-order valence-corrected chi connectivity index (χ3v) is 2.12. The predicted molar refractivity (Wildman–Crippen MR) is 66.8 cm³/mol. The Morgan fingerprint density at radius 1 is 1.53 bits per heavy atom. The van der Waals surface area contributed by atoms with E-state index in [9.17, 15) is 9.59 Å². The average Bonchev–Trinajstić information content (AvgIpc) is 2.28. The second kappa shape index (κ2) is 9.66. The largest absolute Gasteiger partial charge is 0.440 e. The number of aliphatic imine (C=N–C) groups is 1. The lowest BCUT2D eigenvalue weighted by Gasteiger charge is -2.04. The van der Waals surface area contributed by atoms with E-state index in [1.807, 2.05) is 6.92 Å². The number of hydrogen-bond donors (Lipinski definition) is 1. The molecule has 6 nitrogen and oxygen atoms in total. The highest BCUT2D eigenvalue weighted by molar-refractivity contribution is 8.13. The molecule has 0 spiro atoms. The fraction of sp³-hybridized carbons (Fsp3) is 0.600. The van der Waals surface area contributed by atoms with Gasteiger partial charge in [0.25, 0.3) is 0 Å². The molecule has 0 aromatic rings. The topological polar surface area (TPSA) is 72.1 Å². The van der Waals surface area contributed by atoms with Gasteiger partial charge in [-0.1, -0.05) is 18.7 Å². The Balaban J connectivity index is 4.19. The maximum absolute atomic E-state index is 11.3. The fourth-order valence-corrected chi connectivity index (χ4v) is 1.21. The number of carbonyl (C=O) groups excluding carboxylic acids is 2. The molecule has 0 aliphatic rings. The lowest BCUT2D eigenvalue weighted by molar-refractivity contribution is -0.119. The van der Waals surface area contributed by atoms with Gasteiger partial charge in [-0.05, 0) is 12.7 Å². The summed E-state index contributed by atoms with van der Waals surface area (Å²) in [5.74, 6) is -0.186. The molecule has 0 rings (SSSR count). The van der Waals surface area contributed by atoms with Crippen molar-refractivity contribution in [3.63, 3.8) is 0 Å². The minimum absolute atomic E-state index is 0.0103. The summed E-state index contributed by atoms with van der Waals surface area (Å²) in [6.45, 7) is 8.50. The van der Waals surface area contributed by atoms with Crippen molar-refractivity contribution < 1.29 is 14.3 Å². The first-order chi connectivity index (χ1) is 8.13. The summed E-state index contributed by atoms with van der Waals surface area (Å²) >= 11 is 1.15. The normalized spacial score (nSPS) is 10.5. The zero-order valence-electron chi connectivity index (χ0n) is 9.86. The van der Waals surface area contributed by atoms with Crippen LogP contribution in [0.5, 0.6) is 0 Å². The van der Waals surface area contributed by atoms with Gasteiger partial charge < -0.3 is 14.9 Å². The van der Waals surface area contributed by atoms with E-state index in [1.54, 1.807) is 6.26 Å². The third-order valence-electron chi connectivity index (χ3n) is 1.54. The van der Waals surface area contributed by atoms with Gasteiger partial charge in [0.1, 0.15) is 0 Å². The van der Waals surface area contributed by atoms with Crippen LogP contribution in [0.4, 0.5) is 4.79 Å². The number of amides is 2. The summed E-state index contributed by atoms with van der Waals surface area (Å²) < 4.78 is 4.65. The van der Waals surface area contributed by atoms with Gasteiger partial charge in [0.2, 0.25) is 12.5 Å². The number of amidine groups is 1. The molecular weight excluding hydrogens is 242 g/mol. The molecule has 0 aromatic heterocycles. The Morgan fingerprint density at radius 3 is 2.76 bits per heavy atom. The molecule has 0 atom stereocenters. The van der Waals surface area contributed by atoms with Crippen LogP contribution >= 0.6 is 11.8 Å². The van der Waals surface area contributed by atoms with Crippen molar-refractivity contribution in [2.24, 2.45) is 4.99 Å². The molecular formula is C10H15N3O3S. The summed E-state index contributed by atoms with van der Waals surface area (Å²) in [6.07, 6.45) is 2.00. The Bertz CT molecular complexity index is 336. The lowest BCUT2D eigenvalue weighted by Crippen LogP contribution is -2.28. The van der Waals surface area contributed by atoms with E-state index in [0.717, 1.165) is 18.2 Å². The van der Waals surface area contributed by atoms with Crippen molar-refractivity contribution in [3.8, 4) is 0 Å². The molecule has 1 N–H and O–H groups in total. The van der Waals surface area contributed by atoms with Crippen LogP contribution in [0.1, 0.15) is 19.8 Å². The first kappa shape index (κ1) is 15.4. The molecule has 0 aliphatic heterocycles. The third kappa shape index (κ3) is 8.28. The van der Waals surface area contributed by atoms with E-state index in [0.29, 0.717) is 6.42 Å². The highest BCUT2D eigenvalue weighted by atomic mass is 32.2. The molecule has 17 heavy (non-hydrogen) atoms. The van der Waals surface area contributed by atoms with Crippen LogP contribution in [0.25, 0.3) is 4.85 Å². The molecule has 0 fully saturated rings. The Kier molecular flexibility index (Phi) is 8.78. The van der Waals surface area contributed by atoms with Gasteiger partial charge in [-0.3, -0.25) is 4.79 Å². The number of nitrogens with one attached hydrogen (secondary N) is 1. The molecule has 0 aromatic carbocycles. The molecule has 0 bridgehead atoms. The smallest absolute Gasteiger partial charge is 0.436 e. The number of hydrogen-bond acceptors (Lipinski definition) is 4. The summed E-state index contributed by atoms with van der Waals surface area (Å²) in [7, 11) is 0. The van der Waals surface area contributed by atoms with Gasteiger partial charge in [0.05, 0.1) is 0 Å². The number of rotatable bonds is 4. The van der Waals surface area contributed by atoms with Crippen molar-refractivity contribution in [1.82, 2.24) is 5.32 Å². The van der Waals surface area contributed by atoms with E-state index in [-0.39, 0.29) is 24.2 Å². The van der Waals surface area contributed by atoms with E-state index in [2.05, 4.69) is 19.9 Å². The minimum atomic E-state index is -0.796. The van der Waals surface area contributed by atoms with Crippen molar-refractivity contribution >= 4 is 28.9 Å². The minimum Gasteiger partial charge on any atom is -0.440 e. The standard InChI is InChI=1S/C10H15N3O3S/c1-4-5-8(14)12-9(17-3)13-10(15)16-7-6-11-2/h4-7H2,1,3H3,(H,12,13,14,15). The summed E-state index contributed by atoms with van der Waals surface area (Å²) in [6, 6.07) is 0. The van der Waals surface area contributed by atoms with E-state index in [4.69, 9.17) is 6.57 Å². The molecule has 0 saturated carbocycles. The average molecular weight is 257 g/mol. The molecule has 0 aliphatic carbocycles. The van der Waals surface area contributed by atoms with E-state index < -0.39 is 6.09 Å². The Labute approximate surface area is 105 Å². The highest BCUT2D eigenvalue weighted by Gasteiger charge is 2.07. The molecule has 0 radical (unpaired) electrons.